The summed E-state index contributed by atoms with van der Waals surface area (Å²) in [6.45, 7) is 0. The monoisotopic (exact) mass is 272 g/mol. The van der Waals surface area contributed by atoms with Gasteiger partial charge in [0.15, 0.2) is 0 Å². The normalized spacial score (nSPS) is 10.8. The average Bonchev–Trinajstić information content (AvgIpc) is 2.72. The van der Waals surface area contributed by atoms with E-state index in [0.29, 0.717) is 0 Å². The minimum Gasteiger partial charge on any atom is -0.300 e. The lowest BCUT2D eigenvalue weighted by atomic mass is 10.2. The Hall–Kier alpha value is -1.61. The summed E-state index contributed by atoms with van der Waals surface area (Å²) in [5.41, 5.74) is 2.22. The summed E-state index contributed by atoms with van der Waals surface area (Å²) in [7, 11) is 0. The smallest absolute Gasteiger partial charge is 0.144 e. The van der Waals surface area contributed by atoms with Crippen LogP contribution in [0.5, 0.6) is 0 Å². The van der Waals surface area contributed by atoms with E-state index in [-0.39, 0.29) is 0 Å². The topological polar surface area (TPSA) is 17.3 Å². The van der Waals surface area contributed by atoms with Crippen LogP contribution in [0.3, 0.4) is 0 Å². The number of halogens is 1. The third-order valence-electron chi connectivity index (χ3n) is 2.52. The number of aromatic nitrogens is 2. The van der Waals surface area contributed by atoms with E-state index in [9.17, 15) is 0 Å². The minimum atomic E-state index is 0.969. The Bertz CT molecular complexity index is 643. The molecule has 2 nitrogen and oxygen atoms in total. The molecule has 3 rings (SSSR count). The molecular weight excluding hydrogens is 264 g/mol. The first-order valence-corrected chi connectivity index (χ1v) is 5.82. The van der Waals surface area contributed by atoms with Gasteiger partial charge in [0.1, 0.15) is 5.82 Å². The van der Waals surface area contributed by atoms with Crippen LogP contribution < -0.4 is 0 Å². The lowest BCUT2D eigenvalue weighted by Gasteiger charge is -2.01. The number of rotatable bonds is 1. The lowest BCUT2D eigenvalue weighted by Crippen LogP contribution is -1.88. The van der Waals surface area contributed by atoms with Gasteiger partial charge in [-0.2, -0.15) is 0 Å². The number of nitrogens with zero attached hydrogens (tertiary/aromatic N) is 2. The fourth-order valence-corrected chi connectivity index (χ4v) is 2.18. The summed E-state index contributed by atoms with van der Waals surface area (Å²) in [5, 5.41) is 0. The van der Waals surface area contributed by atoms with Crippen LogP contribution in [0.2, 0.25) is 0 Å². The van der Waals surface area contributed by atoms with Gasteiger partial charge in [-0.25, -0.2) is 4.98 Å². The number of pyridine rings is 1. The Labute approximate surface area is 102 Å². The molecule has 1 aromatic carbocycles. The van der Waals surface area contributed by atoms with Crippen molar-refractivity contribution in [1.82, 2.24) is 9.38 Å². The van der Waals surface area contributed by atoms with Crippen LogP contribution in [0.4, 0.5) is 0 Å². The van der Waals surface area contributed by atoms with Crippen molar-refractivity contribution in [3.63, 3.8) is 0 Å². The molecule has 0 N–H and O–H groups in total. The summed E-state index contributed by atoms with van der Waals surface area (Å²) in [4.78, 5) is 4.45. The SMILES string of the molecule is Brc1cccc(-c2ncc3ccccn23)c1. The van der Waals surface area contributed by atoms with Crippen LogP contribution in [0, 0.1) is 0 Å². The van der Waals surface area contributed by atoms with Crippen molar-refractivity contribution in [2.24, 2.45) is 0 Å². The Kier molecular flexibility index (Phi) is 2.26. The Morgan fingerprint density at radius 3 is 2.88 bits per heavy atom. The fraction of sp³-hybridized carbons (Fsp3) is 0. The Morgan fingerprint density at radius 1 is 1.06 bits per heavy atom. The number of hydrogen-bond donors (Lipinski definition) is 0. The standard InChI is InChI=1S/C13H9BrN2/c14-11-5-3-4-10(8-11)13-15-9-12-6-1-2-7-16(12)13/h1-9H. The maximum Gasteiger partial charge on any atom is 0.144 e. The number of hydrogen-bond acceptors (Lipinski definition) is 1. The van der Waals surface area contributed by atoms with Crippen LogP contribution in [-0.4, -0.2) is 9.38 Å². The van der Waals surface area contributed by atoms with Gasteiger partial charge in [-0.15, -0.1) is 0 Å². The van der Waals surface area contributed by atoms with Gasteiger partial charge in [0.2, 0.25) is 0 Å². The van der Waals surface area contributed by atoms with Crippen LogP contribution in [0.15, 0.2) is 59.3 Å². The molecule has 0 saturated heterocycles. The van der Waals surface area contributed by atoms with E-state index < -0.39 is 0 Å². The quantitative estimate of drug-likeness (QED) is 0.659. The maximum absolute atomic E-state index is 4.45. The van der Waals surface area contributed by atoms with Crippen LogP contribution in [0.1, 0.15) is 0 Å². The summed E-state index contributed by atoms with van der Waals surface area (Å²) >= 11 is 3.47. The fourth-order valence-electron chi connectivity index (χ4n) is 1.79. The summed E-state index contributed by atoms with van der Waals surface area (Å²) < 4.78 is 3.15. The third-order valence-corrected chi connectivity index (χ3v) is 3.01. The molecule has 16 heavy (non-hydrogen) atoms. The first-order valence-electron chi connectivity index (χ1n) is 5.02. The van der Waals surface area contributed by atoms with E-state index >= 15 is 0 Å². The molecule has 2 heterocycles. The number of imidazole rings is 1. The van der Waals surface area contributed by atoms with Crippen LogP contribution >= 0.6 is 15.9 Å². The zero-order valence-corrected chi connectivity index (χ0v) is 10.1. The zero-order valence-electron chi connectivity index (χ0n) is 8.47. The summed E-state index contributed by atoms with van der Waals surface area (Å²) in [6, 6.07) is 14.2. The molecule has 0 unspecified atom stereocenters. The summed E-state index contributed by atoms with van der Waals surface area (Å²) in [6.07, 6.45) is 3.91. The average molecular weight is 273 g/mol. The highest BCUT2D eigenvalue weighted by atomic mass is 79.9. The molecule has 3 heteroatoms. The van der Waals surface area contributed by atoms with Crippen molar-refractivity contribution in [2.75, 3.05) is 0 Å². The zero-order chi connectivity index (χ0) is 11.0. The van der Waals surface area contributed by atoms with Gasteiger partial charge >= 0.3 is 0 Å². The number of fused-ring (bicyclic) bond motifs is 1. The molecule has 78 valence electrons. The van der Waals surface area contributed by atoms with Gasteiger partial charge in [0.05, 0.1) is 11.7 Å². The van der Waals surface area contributed by atoms with Crippen molar-refractivity contribution in [3.8, 4) is 11.4 Å². The molecular formula is C13H9BrN2. The summed E-state index contributed by atoms with van der Waals surface area (Å²) in [5.74, 6) is 0.969. The molecule has 0 atom stereocenters. The predicted molar refractivity (Wildman–Crippen MR) is 68.3 cm³/mol. The van der Waals surface area contributed by atoms with Gasteiger partial charge in [-0.05, 0) is 24.3 Å². The molecule has 0 amide bonds. The second-order valence-electron chi connectivity index (χ2n) is 3.59. The number of benzene rings is 1. The van der Waals surface area contributed by atoms with E-state index in [2.05, 4.69) is 43.5 Å². The van der Waals surface area contributed by atoms with Gasteiger partial charge in [0.25, 0.3) is 0 Å². The van der Waals surface area contributed by atoms with Crippen molar-refractivity contribution in [1.29, 1.82) is 0 Å². The van der Waals surface area contributed by atoms with E-state index in [0.717, 1.165) is 21.4 Å². The Balaban J connectivity index is 2.26. The molecule has 3 aromatic rings. The molecule has 0 aliphatic carbocycles. The highest BCUT2D eigenvalue weighted by Gasteiger charge is 2.05. The second-order valence-corrected chi connectivity index (χ2v) is 4.50. The van der Waals surface area contributed by atoms with E-state index in [1.807, 2.05) is 36.7 Å². The molecule has 0 aliphatic rings. The van der Waals surface area contributed by atoms with Gasteiger partial charge in [-0.1, -0.05) is 34.1 Å². The lowest BCUT2D eigenvalue weighted by molar-refractivity contribution is 1.16. The largest absolute Gasteiger partial charge is 0.300 e. The van der Waals surface area contributed by atoms with Crippen LogP contribution in [0.25, 0.3) is 16.9 Å². The molecule has 0 radical (unpaired) electrons. The van der Waals surface area contributed by atoms with Crippen molar-refractivity contribution in [3.05, 3.63) is 59.3 Å². The van der Waals surface area contributed by atoms with Crippen LogP contribution in [-0.2, 0) is 0 Å². The minimum absolute atomic E-state index is 0.969. The van der Waals surface area contributed by atoms with E-state index in [4.69, 9.17) is 0 Å². The van der Waals surface area contributed by atoms with Crippen molar-refractivity contribution in [2.45, 2.75) is 0 Å². The predicted octanol–water partition coefficient (Wildman–Crippen LogP) is 3.76. The van der Waals surface area contributed by atoms with E-state index in [1.165, 1.54) is 0 Å². The first kappa shape index (κ1) is 9.60. The van der Waals surface area contributed by atoms with Gasteiger partial charge in [0, 0.05) is 16.2 Å². The molecule has 0 aliphatic heterocycles. The molecule has 2 aromatic heterocycles. The highest BCUT2D eigenvalue weighted by Crippen LogP contribution is 2.22. The van der Waals surface area contributed by atoms with E-state index in [1.54, 1.807) is 0 Å². The van der Waals surface area contributed by atoms with Crippen molar-refractivity contribution < 1.29 is 0 Å². The highest BCUT2D eigenvalue weighted by molar-refractivity contribution is 9.10. The second kappa shape index (κ2) is 3.76. The molecule has 0 bridgehead atoms. The maximum atomic E-state index is 4.45. The molecule has 0 spiro atoms. The van der Waals surface area contributed by atoms with Gasteiger partial charge in [-0.3, -0.25) is 4.40 Å². The third kappa shape index (κ3) is 1.53. The molecule has 0 saturated carbocycles. The van der Waals surface area contributed by atoms with Gasteiger partial charge < -0.3 is 0 Å². The first-order chi connectivity index (χ1) is 7.84. The molecule has 0 fully saturated rings. The Morgan fingerprint density at radius 2 is 2.00 bits per heavy atom. The van der Waals surface area contributed by atoms with Crippen molar-refractivity contribution >= 4 is 21.4 Å².